The highest BCUT2D eigenvalue weighted by Crippen LogP contribution is 2.25. The first-order valence-electron chi connectivity index (χ1n) is 10.2. The predicted octanol–water partition coefficient (Wildman–Crippen LogP) is 1.90. The van der Waals surface area contributed by atoms with Crippen molar-refractivity contribution in [2.75, 3.05) is 34.4 Å². The molecule has 0 amide bonds. The Morgan fingerprint density at radius 2 is 2.17 bits per heavy atom. The van der Waals surface area contributed by atoms with Crippen LogP contribution < -0.4 is 14.8 Å². The fourth-order valence-corrected chi connectivity index (χ4v) is 3.37. The third kappa shape index (κ3) is 5.41. The zero-order chi connectivity index (χ0) is 21.5. The van der Waals surface area contributed by atoms with Crippen LogP contribution in [0.5, 0.6) is 11.5 Å². The van der Waals surface area contributed by atoms with Gasteiger partial charge in [0.15, 0.2) is 11.8 Å². The van der Waals surface area contributed by atoms with Gasteiger partial charge in [-0.1, -0.05) is 0 Å². The molecule has 2 heterocycles. The highest BCUT2D eigenvalue weighted by molar-refractivity contribution is 5.79. The van der Waals surface area contributed by atoms with Crippen LogP contribution in [0.2, 0.25) is 0 Å². The molecular formula is C21H32N6O3. The molecule has 2 aromatic rings. The van der Waals surface area contributed by atoms with E-state index in [0.717, 1.165) is 60.7 Å². The Hall–Kier alpha value is -2.81. The summed E-state index contributed by atoms with van der Waals surface area (Å²) in [6.07, 6.45) is 2.39. The van der Waals surface area contributed by atoms with Crippen molar-refractivity contribution in [3.63, 3.8) is 0 Å². The van der Waals surface area contributed by atoms with Crippen molar-refractivity contribution < 1.29 is 14.2 Å². The van der Waals surface area contributed by atoms with Gasteiger partial charge in [-0.25, -0.2) is 4.99 Å². The lowest BCUT2D eigenvalue weighted by molar-refractivity contribution is 0.113. The Morgan fingerprint density at radius 3 is 2.80 bits per heavy atom. The maximum absolute atomic E-state index is 5.75. The molecule has 30 heavy (non-hydrogen) atoms. The van der Waals surface area contributed by atoms with Crippen LogP contribution in [0.25, 0.3) is 0 Å². The molecule has 1 fully saturated rings. The van der Waals surface area contributed by atoms with Gasteiger partial charge in [0.25, 0.3) is 0 Å². The minimum absolute atomic E-state index is 0.219. The van der Waals surface area contributed by atoms with Gasteiger partial charge in [-0.3, -0.25) is 0 Å². The molecular weight excluding hydrogens is 384 g/mol. The van der Waals surface area contributed by atoms with Gasteiger partial charge in [-0.2, -0.15) is 0 Å². The van der Waals surface area contributed by atoms with Crippen LogP contribution in [0.3, 0.4) is 0 Å². The van der Waals surface area contributed by atoms with E-state index in [9.17, 15) is 0 Å². The Labute approximate surface area is 178 Å². The van der Waals surface area contributed by atoms with Gasteiger partial charge in [-0.05, 0) is 31.9 Å². The minimum Gasteiger partial charge on any atom is -0.497 e. The van der Waals surface area contributed by atoms with Gasteiger partial charge >= 0.3 is 0 Å². The Balaban J connectivity index is 1.75. The number of aryl methyl sites for hydroxylation is 1. The van der Waals surface area contributed by atoms with Gasteiger partial charge in [0, 0.05) is 45.4 Å². The predicted molar refractivity (Wildman–Crippen MR) is 115 cm³/mol. The summed E-state index contributed by atoms with van der Waals surface area (Å²) in [4.78, 5) is 6.87. The van der Waals surface area contributed by atoms with Gasteiger partial charge in [-0.15, -0.1) is 10.2 Å². The first kappa shape index (κ1) is 21.9. The Kier molecular flexibility index (Phi) is 7.51. The summed E-state index contributed by atoms with van der Waals surface area (Å²) in [5, 5.41) is 11.8. The standard InChI is InChI=1S/C21H32N6O3/c1-15-24-25-20(27(15)3)13-23-21(22-12-18-7-6-10-30-18)26(2)14-16-8-9-17(28-4)11-19(16)29-5/h8-9,11,18H,6-7,10,12-14H2,1-5H3,(H,22,23). The summed E-state index contributed by atoms with van der Waals surface area (Å²) >= 11 is 0. The van der Waals surface area contributed by atoms with Crippen molar-refractivity contribution in [3.8, 4) is 11.5 Å². The molecule has 0 spiro atoms. The molecule has 0 bridgehead atoms. The second-order valence-corrected chi connectivity index (χ2v) is 7.41. The molecule has 1 aromatic heterocycles. The molecule has 0 saturated carbocycles. The first-order chi connectivity index (χ1) is 14.5. The smallest absolute Gasteiger partial charge is 0.194 e. The third-order valence-electron chi connectivity index (χ3n) is 5.33. The first-order valence-corrected chi connectivity index (χ1v) is 10.2. The minimum atomic E-state index is 0.219. The number of rotatable bonds is 8. The molecule has 1 aliphatic rings. The topological polar surface area (TPSA) is 86.0 Å². The number of hydrogen-bond acceptors (Lipinski definition) is 6. The van der Waals surface area contributed by atoms with Crippen molar-refractivity contribution in [2.24, 2.45) is 12.0 Å². The second-order valence-electron chi connectivity index (χ2n) is 7.41. The molecule has 1 aliphatic heterocycles. The van der Waals surface area contributed by atoms with Crippen LogP contribution >= 0.6 is 0 Å². The number of methoxy groups -OCH3 is 2. The molecule has 0 radical (unpaired) electrons. The van der Waals surface area contributed by atoms with Crippen molar-refractivity contribution >= 4 is 5.96 Å². The number of aromatic nitrogens is 3. The number of aliphatic imine (C=N–C) groups is 1. The number of nitrogens with one attached hydrogen (secondary N) is 1. The van der Waals surface area contributed by atoms with Crippen molar-refractivity contribution in [1.82, 2.24) is 25.0 Å². The highest BCUT2D eigenvalue weighted by atomic mass is 16.5. The van der Waals surface area contributed by atoms with E-state index in [0.29, 0.717) is 13.1 Å². The highest BCUT2D eigenvalue weighted by Gasteiger charge is 2.18. The lowest BCUT2D eigenvalue weighted by Crippen LogP contribution is -2.42. The Morgan fingerprint density at radius 1 is 1.33 bits per heavy atom. The number of nitrogens with zero attached hydrogens (tertiary/aromatic N) is 5. The second kappa shape index (κ2) is 10.3. The van der Waals surface area contributed by atoms with Crippen LogP contribution in [-0.4, -0.2) is 66.1 Å². The van der Waals surface area contributed by atoms with Crippen LogP contribution in [-0.2, 0) is 24.9 Å². The van der Waals surface area contributed by atoms with Crippen molar-refractivity contribution in [3.05, 3.63) is 35.4 Å². The number of ether oxygens (including phenoxy) is 3. The monoisotopic (exact) mass is 416 g/mol. The van der Waals surface area contributed by atoms with Crippen LogP contribution in [0.1, 0.15) is 30.1 Å². The SMILES string of the molecule is COc1ccc(CN(C)C(=NCc2nnc(C)n2C)NCC2CCCO2)c(OC)c1. The van der Waals surface area contributed by atoms with E-state index in [1.54, 1.807) is 14.2 Å². The summed E-state index contributed by atoms with van der Waals surface area (Å²) in [7, 11) is 7.27. The molecule has 1 N–H and O–H groups in total. The average Bonchev–Trinajstić information content (AvgIpc) is 3.39. The fourth-order valence-electron chi connectivity index (χ4n) is 3.37. The largest absolute Gasteiger partial charge is 0.497 e. The van der Waals surface area contributed by atoms with E-state index in [4.69, 9.17) is 19.2 Å². The van der Waals surface area contributed by atoms with Gasteiger partial charge < -0.3 is 29.0 Å². The zero-order valence-corrected chi connectivity index (χ0v) is 18.5. The number of guanidine groups is 1. The molecule has 0 aliphatic carbocycles. The van der Waals surface area contributed by atoms with E-state index >= 15 is 0 Å². The molecule has 1 saturated heterocycles. The molecule has 164 valence electrons. The van der Waals surface area contributed by atoms with Gasteiger partial charge in [0.1, 0.15) is 23.9 Å². The van der Waals surface area contributed by atoms with E-state index in [1.807, 2.05) is 43.8 Å². The zero-order valence-electron chi connectivity index (χ0n) is 18.5. The summed E-state index contributed by atoms with van der Waals surface area (Å²) in [6.45, 7) is 4.55. The van der Waals surface area contributed by atoms with Gasteiger partial charge in [0.05, 0.1) is 20.3 Å². The van der Waals surface area contributed by atoms with Crippen LogP contribution in [0.15, 0.2) is 23.2 Å². The molecule has 1 unspecified atom stereocenters. The number of hydrogen-bond donors (Lipinski definition) is 1. The maximum atomic E-state index is 5.75. The normalized spacial score (nSPS) is 16.6. The molecule has 3 rings (SSSR count). The summed E-state index contributed by atoms with van der Waals surface area (Å²) in [5.74, 6) is 4.01. The average molecular weight is 417 g/mol. The van der Waals surface area contributed by atoms with Crippen LogP contribution in [0, 0.1) is 6.92 Å². The molecule has 1 aromatic carbocycles. The molecule has 9 nitrogen and oxygen atoms in total. The lowest BCUT2D eigenvalue weighted by atomic mass is 10.2. The number of benzene rings is 1. The van der Waals surface area contributed by atoms with E-state index in [1.165, 1.54) is 0 Å². The maximum Gasteiger partial charge on any atom is 0.194 e. The van der Waals surface area contributed by atoms with Crippen LogP contribution in [0.4, 0.5) is 0 Å². The lowest BCUT2D eigenvalue weighted by Gasteiger charge is -2.24. The van der Waals surface area contributed by atoms with Crippen molar-refractivity contribution in [2.45, 2.75) is 39.0 Å². The van der Waals surface area contributed by atoms with E-state index < -0.39 is 0 Å². The molecule has 9 heteroatoms. The van der Waals surface area contributed by atoms with Crippen molar-refractivity contribution in [1.29, 1.82) is 0 Å². The third-order valence-corrected chi connectivity index (χ3v) is 5.33. The summed E-state index contributed by atoms with van der Waals surface area (Å²) < 4.78 is 18.6. The van der Waals surface area contributed by atoms with E-state index in [-0.39, 0.29) is 6.10 Å². The van der Waals surface area contributed by atoms with E-state index in [2.05, 4.69) is 20.4 Å². The van der Waals surface area contributed by atoms with Gasteiger partial charge in [0.2, 0.25) is 0 Å². The summed E-state index contributed by atoms with van der Waals surface area (Å²) in [5.41, 5.74) is 1.04. The fraction of sp³-hybridized carbons (Fsp3) is 0.571. The summed E-state index contributed by atoms with van der Waals surface area (Å²) in [6, 6.07) is 5.84. The quantitative estimate of drug-likeness (QED) is 0.520. The molecule has 1 atom stereocenters. The Bertz CT molecular complexity index is 860.